The van der Waals surface area contributed by atoms with Crippen molar-refractivity contribution >= 4 is 23.2 Å². The van der Waals surface area contributed by atoms with Crippen LogP contribution < -0.4 is 11.1 Å². The van der Waals surface area contributed by atoms with Crippen LogP contribution >= 0.6 is 0 Å². The molecule has 1 aromatic rings. The minimum atomic E-state index is -0.280. The molecule has 2 rings (SSSR count). The van der Waals surface area contributed by atoms with Gasteiger partial charge >= 0.3 is 0 Å². The van der Waals surface area contributed by atoms with Crippen LogP contribution in [0.3, 0.4) is 0 Å². The molecule has 1 atom stereocenters. The first-order valence-electron chi connectivity index (χ1n) is 7.72. The van der Waals surface area contributed by atoms with Gasteiger partial charge < -0.3 is 16.0 Å². The Kier molecular flexibility index (Phi) is 5.39. The molecule has 1 aliphatic rings. The predicted molar refractivity (Wildman–Crippen MR) is 91.8 cm³/mol. The zero-order chi connectivity index (χ0) is 17.0. The van der Waals surface area contributed by atoms with Gasteiger partial charge in [-0.25, -0.2) is 0 Å². The lowest BCUT2D eigenvalue weighted by molar-refractivity contribution is -0.131. The van der Waals surface area contributed by atoms with Gasteiger partial charge in [0.25, 0.3) is 0 Å². The number of hydrogen-bond acceptors (Lipinski definition) is 4. The molecule has 1 heterocycles. The Morgan fingerprint density at radius 2 is 2.17 bits per heavy atom. The highest BCUT2D eigenvalue weighted by molar-refractivity contribution is 6.00. The van der Waals surface area contributed by atoms with Gasteiger partial charge in [-0.05, 0) is 30.7 Å². The number of carbonyl (C=O) groups excluding carboxylic acids is 2. The molecule has 23 heavy (non-hydrogen) atoms. The molecule has 6 heteroatoms. The van der Waals surface area contributed by atoms with Gasteiger partial charge in [0.2, 0.25) is 11.8 Å². The molecule has 6 nitrogen and oxygen atoms in total. The smallest absolute Gasteiger partial charge is 0.247 e. The minimum absolute atomic E-state index is 0.124. The van der Waals surface area contributed by atoms with Crippen molar-refractivity contribution in [2.45, 2.75) is 26.4 Å². The van der Waals surface area contributed by atoms with Gasteiger partial charge in [0, 0.05) is 39.1 Å². The largest absolute Gasteiger partial charge is 0.397 e. The topological polar surface area (TPSA) is 78.7 Å². The zero-order valence-corrected chi connectivity index (χ0v) is 13.7. The maximum absolute atomic E-state index is 11.5. The fraction of sp³-hybridized carbons (Fsp3) is 0.412. The lowest BCUT2D eigenvalue weighted by Gasteiger charge is -2.39. The Morgan fingerprint density at radius 1 is 1.43 bits per heavy atom. The molecule has 3 N–H and O–H groups in total. The molecule has 0 bridgehead atoms. The molecule has 1 aliphatic heterocycles. The Morgan fingerprint density at radius 3 is 2.78 bits per heavy atom. The van der Waals surface area contributed by atoms with Crippen LogP contribution in [-0.2, 0) is 16.1 Å². The van der Waals surface area contributed by atoms with Crippen molar-refractivity contribution in [3.63, 3.8) is 0 Å². The van der Waals surface area contributed by atoms with Crippen molar-refractivity contribution in [3.05, 3.63) is 36.4 Å². The molecule has 0 aliphatic carbocycles. The van der Waals surface area contributed by atoms with Gasteiger partial charge in [0.05, 0.1) is 11.4 Å². The van der Waals surface area contributed by atoms with E-state index in [1.54, 1.807) is 13.0 Å². The van der Waals surface area contributed by atoms with Crippen LogP contribution in [0.1, 0.15) is 19.4 Å². The van der Waals surface area contributed by atoms with Crippen LogP contribution in [0.25, 0.3) is 0 Å². The van der Waals surface area contributed by atoms with Crippen LogP contribution in [-0.4, -0.2) is 47.3 Å². The van der Waals surface area contributed by atoms with Crippen LogP contribution in [0.4, 0.5) is 11.4 Å². The van der Waals surface area contributed by atoms with Gasteiger partial charge in [0.15, 0.2) is 0 Å². The van der Waals surface area contributed by atoms with E-state index in [1.807, 2.05) is 17.0 Å². The van der Waals surface area contributed by atoms with E-state index in [0.717, 1.165) is 31.7 Å². The number of carbonyl (C=O) groups is 2. The van der Waals surface area contributed by atoms with Gasteiger partial charge in [-0.2, -0.15) is 0 Å². The van der Waals surface area contributed by atoms with Crippen molar-refractivity contribution in [3.8, 4) is 0 Å². The average molecular weight is 316 g/mol. The fourth-order valence-corrected chi connectivity index (χ4v) is 2.74. The van der Waals surface area contributed by atoms with E-state index < -0.39 is 0 Å². The van der Waals surface area contributed by atoms with Crippen molar-refractivity contribution in [2.75, 3.05) is 30.7 Å². The number of anilines is 2. The lowest BCUT2D eigenvalue weighted by atomic mass is 10.1. The number of piperazine rings is 1. The summed E-state index contributed by atoms with van der Waals surface area (Å²) in [5.41, 5.74) is 8.09. The van der Waals surface area contributed by atoms with Crippen molar-refractivity contribution in [2.24, 2.45) is 0 Å². The molecule has 2 amide bonds. The maximum atomic E-state index is 11.5. The Bertz CT molecular complexity index is 615. The van der Waals surface area contributed by atoms with Crippen LogP contribution in [0, 0.1) is 0 Å². The molecule has 124 valence electrons. The van der Waals surface area contributed by atoms with E-state index in [2.05, 4.69) is 23.7 Å². The first-order chi connectivity index (χ1) is 10.9. The third kappa shape index (κ3) is 4.32. The number of nitrogen functional groups attached to an aromatic ring is 1. The second-order valence-electron chi connectivity index (χ2n) is 5.90. The molecular formula is C17H24N4O2. The number of benzene rings is 1. The summed E-state index contributed by atoms with van der Waals surface area (Å²) in [7, 11) is 0. The SMILES string of the molecule is C=CC(=O)Nc1cc(CN2CCN(C(C)=O)C[C@@H]2C)ccc1N. The highest BCUT2D eigenvalue weighted by atomic mass is 16.2. The van der Waals surface area contributed by atoms with E-state index in [1.165, 1.54) is 6.08 Å². The Labute approximate surface area is 136 Å². The molecule has 0 spiro atoms. The summed E-state index contributed by atoms with van der Waals surface area (Å²) < 4.78 is 0. The van der Waals surface area contributed by atoms with E-state index in [0.29, 0.717) is 11.4 Å². The predicted octanol–water partition coefficient (Wildman–Crippen LogP) is 1.45. The number of nitrogens with one attached hydrogen (secondary N) is 1. The third-order valence-electron chi connectivity index (χ3n) is 4.16. The van der Waals surface area contributed by atoms with Crippen molar-refractivity contribution in [1.82, 2.24) is 9.80 Å². The van der Waals surface area contributed by atoms with E-state index in [9.17, 15) is 9.59 Å². The van der Waals surface area contributed by atoms with Gasteiger partial charge in [0.1, 0.15) is 0 Å². The molecule has 1 fully saturated rings. The quantitative estimate of drug-likeness (QED) is 0.651. The number of amides is 2. The summed E-state index contributed by atoms with van der Waals surface area (Å²) >= 11 is 0. The standard InChI is InChI=1S/C17H24N4O2/c1-4-17(23)19-16-9-14(5-6-15(16)18)11-20-7-8-21(13(3)22)10-12(20)2/h4-6,9,12H,1,7-8,10-11,18H2,2-3H3,(H,19,23)/t12-/m0/s1. The first-order valence-corrected chi connectivity index (χ1v) is 7.72. The lowest BCUT2D eigenvalue weighted by Crippen LogP contribution is -2.52. The van der Waals surface area contributed by atoms with Crippen molar-refractivity contribution in [1.29, 1.82) is 0 Å². The van der Waals surface area contributed by atoms with E-state index >= 15 is 0 Å². The summed E-state index contributed by atoms with van der Waals surface area (Å²) in [6.07, 6.45) is 1.22. The minimum Gasteiger partial charge on any atom is -0.397 e. The second kappa shape index (κ2) is 7.28. The average Bonchev–Trinajstić information content (AvgIpc) is 2.52. The van der Waals surface area contributed by atoms with Gasteiger partial charge in [-0.3, -0.25) is 14.5 Å². The molecule has 1 saturated heterocycles. The van der Waals surface area contributed by atoms with Crippen LogP contribution in [0.5, 0.6) is 0 Å². The van der Waals surface area contributed by atoms with Crippen LogP contribution in [0.15, 0.2) is 30.9 Å². The van der Waals surface area contributed by atoms with Crippen molar-refractivity contribution < 1.29 is 9.59 Å². The summed E-state index contributed by atoms with van der Waals surface area (Å²) in [6, 6.07) is 5.94. The number of hydrogen-bond donors (Lipinski definition) is 2. The highest BCUT2D eigenvalue weighted by Crippen LogP contribution is 2.22. The number of rotatable bonds is 4. The molecular weight excluding hydrogens is 292 g/mol. The number of nitrogens with zero attached hydrogens (tertiary/aromatic N) is 2. The highest BCUT2D eigenvalue weighted by Gasteiger charge is 2.25. The first kappa shape index (κ1) is 17.0. The maximum Gasteiger partial charge on any atom is 0.247 e. The molecule has 0 aromatic heterocycles. The van der Waals surface area contributed by atoms with Gasteiger partial charge in [-0.1, -0.05) is 12.6 Å². The Hall–Kier alpha value is -2.34. The summed E-state index contributed by atoms with van der Waals surface area (Å²) in [5, 5.41) is 2.72. The molecule has 0 unspecified atom stereocenters. The number of nitrogens with two attached hydrogens (primary N) is 1. The summed E-state index contributed by atoms with van der Waals surface area (Å²) in [6.45, 7) is 10.2. The molecule has 0 radical (unpaired) electrons. The van der Waals surface area contributed by atoms with E-state index in [4.69, 9.17) is 5.73 Å². The molecule has 1 aromatic carbocycles. The van der Waals surface area contributed by atoms with Gasteiger partial charge in [-0.15, -0.1) is 0 Å². The monoisotopic (exact) mass is 316 g/mol. The fourth-order valence-electron chi connectivity index (χ4n) is 2.74. The normalized spacial score (nSPS) is 18.5. The second-order valence-corrected chi connectivity index (χ2v) is 5.90. The summed E-state index contributed by atoms with van der Waals surface area (Å²) in [4.78, 5) is 27.1. The summed E-state index contributed by atoms with van der Waals surface area (Å²) in [5.74, 6) is -0.157. The molecule has 0 saturated carbocycles. The van der Waals surface area contributed by atoms with Crippen LogP contribution in [0.2, 0.25) is 0 Å². The van der Waals surface area contributed by atoms with E-state index in [-0.39, 0.29) is 17.9 Å². The third-order valence-corrected chi connectivity index (χ3v) is 4.16. The Balaban J connectivity index is 2.05. The zero-order valence-electron chi connectivity index (χ0n) is 13.7.